The Hall–Kier alpha value is -6.26. The molecule has 10 heteroatoms. The molecule has 46 heavy (non-hydrogen) atoms. The zero-order chi connectivity index (χ0) is 30.2. The van der Waals surface area contributed by atoms with Gasteiger partial charge in [-0.1, -0.05) is 47.7 Å². The maximum atomic E-state index is 5.18. The number of aromatic amines is 2. The number of para-hydroxylation sites is 3. The predicted octanol–water partition coefficient (Wildman–Crippen LogP) is 8.31. The number of thiazole rings is 1. The summed E-state index contributed by atoms with van der Waals surface area (Å²) in [4.78, 5) is 24.0. The van der Waals surface area contributed by atoms with Gasteiger partial charge in [0, 0.05) is 45.6 Å². The number of pyridine rings is 1. The average molecular weight is 612 g/mol. The van der Waals surface area contributed by atoms with Gasteiger partial charge in [0.05, 0.1) is 50.0 Å². The molecule has 0 aliphatic heterocycles. The third-order valence-electron chi connectivity index (χ3n) is 8.44. The highest BCUT2D eigenvalue weighted by molar-refractivity contribution is 7.21. The normalized spacial score (nSPS) is 11.9. The molecule has 0 spiro atoms. The molecule has 216 valence electrons. The Morgan fingerprint density at radius 2 is 1.52 bits per heavy atom. The smallest absolute Gasteiger partial charge is 0.137 e. The van der Waals surface area contributed by atoms with Gasteiger partial charge in [0.2, 0.25) is 0 Å². The standard InChI is InChI=1S/C36H21N9S/c1-2-10-23-22(9-1)37-18-27(38-23)31-20(28-19-45-17-6-5-14-30(45)39-28)15-16-25-32(31)33(36-41-24-11-3-4-13-29(24)46-36)35(40-25)21-8-7-12-26-34(21)43-44-42-26/h1-19,40H,(H,42,43,44). The average Bonchev–Trinajstić information content (AvgIpc) is 3.91. The number of hydrogen-bond acceptors (Lipinski definition) is 7. The summed E-state index contributed by atoms with van der Waals surface area (Å²) in [5.41, 5.74) is 12.4. The van der Waals surface area contributed by atoms with E-state index in [0.29, 0.717) is 0 Å². The number of nitrogens with one attached hydrogen (secondary N) is 2. The topological polar surface area (TPSA) is 113 Å². The molecule has 0 atom stereocenters. The van der Waals surface area contributed by atoms with E-state index in [9.17, 15) is 0 Å². The van der Waals surface area contributed by atoms with Crippen LogP contribution < -0.4 is 0 Å². The number of imidazole rings is 1. The van der Waals surface area contributed by atoms with Gasteiger partial charge in [0.1, 0.15) is 16.2 Å². The van der Waals surface area contributed by atoms with Gasteiger partial charge in [0.15, 0.2) is 0 Å². The van der Waals surface area contributed by atoms with Gasteiger partial charge in [-0.15, -0.1) is 16.4 Å². The third-order valence-corrected chi connectivity index (χ3v) is 9.50. The molecule has 0 aliphatic carbocycles. The highest BCUT2D eigenvalue weighted by atomic mass is 32.1. The predicted molar refractivity (Wildman–Crippen MR) is 183 cm³/mol. The molecule has 0 radical (unpaired) electrons. The van der Waals surface area contributed by atoms with E-state index in [-0.39, 0.29) is 0 Å². The van der Waals surface area contributed by atoms with Crippen LogP contribution in [-0.2, 0) is 0 Å². The van der Waals surface area contributed by atoms with Gasteiger partial charge in [-0.3, -0.25) is 10.1 Å². The quantitative estimate of drug-likeness (QED) is 0.207. The molecule has 0 amide bonds. The molecular formula is C36H21N9S. The first-order valence-electron chi connectivity index (χ1n) is 14.8. The molecule has 0 saturated carbocycles. The van der Waals surface area contributed by atoms with E-state index in [1.807, 2.05) is 83.5 Å². The Labute approximate surface area is 264 Å². The largest absolute Gasteiger partial charge is 0.354 e. The van der Waals surface area contributed by atoms with E-state index in [1.54, 1.807) is 11.3 Å². The highest BCUT2D eigenvalue weighted by Gasteiger charge is 2.26. The van der Waals surface area contributed by atoms with Crippen LogP contribution in [0, 0.1) is 0 Å². The lowest BCUT2D eigenvalue weighted by Gasteiger charge is -2.12. The summed E-state index contributed by atoms with van der Waals surface area (Å²) in [5, 5.41) is 13.5. The number of H-pyrrole nitrogens is 2. The summed E-state index contributed by atoms with van der Waals surface area (Å²) >= 11 is 1.67. The molecule has 10 aromatic rings. The van der Waals surface area contributed by atoms with E-state index in [1.165, 1.54) is 0 Å². The van der Waals surface area contributed by atoms with Crippen molar-refractivity contribution in [3.05, 3.63) is 116 Å². The van der Waals surface area contributed by atoms with Crippen LogP contribution in [0.1, 0.15) is 0 Å². The highest BCUT2D eigenvalue weighted by Crippen LogP contribution is 2.48. The van der Waals surface area contributed by atoms with Gasteiger partial charge in [-0.05, 0) is 54.6 Å². The van der Waals surface area contributed by atoms with Crippen molar-refractivity contribution < 1.29 is 0 Å². The zero-order valence-corrected chi connectivity index (χ0v) is 24.8. The summed E-state index contributed by atoms with van der Waals surface area (Å²) in [6.07, 6.45) is 5.94. The lowest BCUT2D eigenvalue weighted by Crippen LogP contribution is -1.93. The van der Waals surface area contributed by atoms with Crippen molar-refractivity contribution in [3.63, 3.8) is 0 Å². The van der Waals surface area contributed by atoms with Crippen LogP contribution in [0.4, 0.5) is 0 Å². The fourth-order valence-electron chi connectivity index (χ4n) is 6.38. The molecule has 0 unspecified atom stereocenters. The summed E-state index contributed by atoms with van der Waals surface area (Å²) in [5.74, 6) is 0. The Kier molecular flexibility index (Phi) is 5.25. The van der Waals surface area contributed by atoms with Crippen LogP contribution in [0.15, 0.2) is 116 Å². The van der Waals surface area contributed by atoms with Crippen molar-refractivity contribution in [1.29, 1.82) is 0 Å². The maximum absolute atomic E-state index is 5.18. The number of nitrogens with zero attached hydrogens (tertiary/aromatic N) is 7. The first kappa shape index (κ1) is 25.1. The van der Waals surface area contributed by atoms with Gasteiger partial charge >= 0.3 is 0 Å². The molecule has 6 heterocycles. The Bertz CT molecular complexity index is 2720. The van der Waals surface area contributed by atoms with Crippen molar-refractivity contribution >= 4 is 60.2 Å². The lowest BCUT2D eigenvalue weighted by molar-refractivity contribution is 0.959. The molecule has 9 nitrogen and oxygen atoms in total. The molecule has 0 bridgehead atoms. The number of rotatable bonds is 4. The second-order valence-corrected chi connectivity index (χ2v) is 12.2. The fraction of sp³-hybridized carbons (Fsp3) is 0. The van der Waals surface area contributed by atoms with Crippen molar-refractivity contribution in [1.82, 2.24) is 44.7 Å². The Balaban J connectivity index is 1.37. The van der Waals surface area contributed by atoms with Gasteiger partial charge < -0.3 is 9.38 Å². The molecule has 10 rings (SSSR count). The second-order valence-electron chi connectivity index (χ2n) is 11.1. The second kappa shape index (κ2) is 9.62. The summed E-state index contributed by atoms with van der Waals surface area (Å²) < 4.78 is 3.15. The minimum absolute atomic E-state index is 0.754. The van der Waals surface area contributed by atoms with E-state index in [4.69, 9.17) is 19.9 Å². The first-order chi connectivity index (χ1) is 22.8. The minimum atomic E-state index is 0.754. The van der Waals surface area contributed by atoms with Gasteiger partial charge in [-0.25, -0.2) is 15.0 Å². The van der Waals surface area contributed by atoms with E-state index < -0.39 is 0 Å². The van der Waals surface area contributed by atoms with Crippen molar-refractivity contribution in [3.8, 4) is 44.3 Å². The van der Waals surface area contributed by atoms with Crippen LogP contribution >= 0.6 is 11.3 Å². The van der Waals surface area contributed by atoms with Crippen molar-refractivity contribution in [2.45, 2.75) is 0 Å². The number of hydrogen-bond donors (Lipinski definition) is 2. The van der Waals surface area contributed by atoms with Crippen molar-refractivity contribution in [2.24, 2.45) is 0 Å². The molecule has 2 N–H and O–H groups in total. The molecule has 0 saturated heterocycles. The Morgan fingerprint density at radius 3 is 2.43 bits per heavy atom. The molecule has 6 aromatic heterocycles. The van der Waals surface area contributed by atoms with E-state index >= 15 is 0 Å². The van der Waals surface area contributed by atoms with E-state index in [2.05, 4.69) is 56.9 Å². The van der Waals surface area contributed by atoms with Crippen LogP contribution in [-0.4, -0.2) is 44.7 Å². The summed E-state index contributed by atoms with van der Waals surface area (Å²) in [6.45, 7) is 0. The summed E-state index contributed by atoms with van der Waals surface area (Å²) in [7, 11) is 0. The van der Waals surface area contributed by atoms with Gasteiger partial charge in [0.25, 0.3) is 0 Å². The number of aromatic nitrogens is 9. The summed E-state index contributed by atoms with van der Waals surface area (Å²) in [6, 6.07) is 32.5. The zero-order valence-electron chi connectivity index (χ0n) is 24.0. The number of benzene rings is 4. The maximum Gasteiger partial charge on any atom is 0.137 e. The minimum Gasteiger partial charge on any atom is -0.354 e. The Morgan fingerprint density at radius 1 is 0.652 bits per heavy atom. The molecule has 0 fully saturated rings. The van der Waals surface area contributed by atoms with Crippen LogP contribution in [0.2, 0.25) is 0 Å². The van der Waals surface area contributed by atoms with Crippen LogP contribution in [0.25, 0.3) is 93.2 Å². The number of fused-ring (bicyclic) bond motifs is 5. The monoisotopic (exact) mass is 611 g/mol. The third kappa shape index (κ3) is 3.74. The molecular weight excluding hydrogens is 591 g/mol. The molecule has 0 aliphatic rings. The van der Waals surface area contributed by atoms with Crippen LogP contribution in [0.3, 0.4) is 0 Å². The lowest BCUT2D eigenvalue weighted by atomic mass is 9.94. The van der Waals surface area contributed by atoms with E-state index in [0.717, 1.165) is 93.2 Å². The van der Waals surface area contributed by atoms with Crippen molar-refractivity contribution in [2.75, 3.05) is 0 Å². The molecule has 4 aromatic carbocycles. The van der Waals surface area contributed by atoms with Gasteiger partial charge in [-0.2, -0.15) is 0 Å². The SMILES string of the molecule is c1ccc2nc(-c3c(-c4cn5ccccc5n4)ccc4[nH]c(-c5cccc6[nH]nnc56)c(-c5nc6ccccc6s5)c34)cnc2c1. The first-order valence-corrected chi connectivity index (χ1v) is 15.6. The fourth-order valence-corrected chi connectivity index (χ4v) is 7.40. The van der Waals surface area contributed by atoms with Crippen LogP contribution in [0.5, 0.6) is 0 Å².